The standard InChI is InChI=1S/C28H29N3O4/c1-4-34-26-15-21(9-10-23(26)28(32)33)24-16-27(31-17-30-24)29-12-11-22-13-19-7-5-6-8-20(19)14-25(22)35-18(2)3/h5-10,13-18H,4,11-12H2,1-3H3,(H,32,33)(H,29,30,31). The first-order valence-corrected chi connectivity index (χ1v) is 11.7. The van der Waals surface area contributed by atoms with Gasteiger partial charge in [0.25, 0.3) is 0 Å². The van der Waals surface area contributed by atoms with Crippen LogP contribution < -0.4 is 14.8 Å². The van der Waals surface area contributed by atoms with Gasteiger partial charge in [0.05, 0.1) is 18.4 Å². The Morgan fingerprint density at radius 3 is 2.49 bits per heavy atom. The van der Waals surface area contributed by atoms with E-state index in [0.717, 1.165) is 28.7 Å². The number of carbonyl (C=O) groups is 1. The van der Waals surface area contributed by atoms with Crippen LogP contribution >= 0.6 is 0 Å². The molecule has 4 aromatic rings. The lowest BCUT2D eigenvalue weighted by atomic mass is 10.0. The number of nitrogens with zero attached hydrogens (tertiary/aromatic N) is 2. The number of benzene rings is 3. The van der Waals surface area contributed by atoms with Gasteiger partial charge in [-0.05, 0) is 67.8 Å². The summed E-state index contributed by atoms with van der Waals surface area (Å²) in [7, 11) is 0. The summed E-state index contributed by atoms with van der Waals surface area (Å²) in [4.78, 5) is 20.2. The van der Waals surface area contributed by atoms with Crippen molar-refractivity contribution in [3.05, 3.63) is 78.1 Å². The molecular weight excluding hydrogens is 442 g/mol. The van der Waals surface area contributed by atoms with E-state index in [4.69, 9.17) is 9.47 Å². The molecule has 0 unspecified atom stereocenters. The predicted molar refractivity (Wildman–Crippen MR) is 138 cm³/mol. The Labute approximate surface area is 204 Å². The molecule has 35 heavy (non-hydrogen) atoms. The van der Waals surface area contributed by atoms with E-state index < -0.39 is 5.97 Å². The minimum absolute atomic E-state index is 0.0846. The zero-order valence-electron chi connectivity index (χ0n) is 20.1. The van der Waals surface area contributed by atoms with Gasteiger partial charge in [0.2, 0.25) is 0 Å². The van der Waals surface area contributed by atoms with Crippen LogP contribution in [0.1, 0.15) is 36.7 Å². The molecule has 0 amide bonds. The summed E-state index contributed by atoms with van der Waals surface area (Å²) in [6, 6.07) is 19.3. The van der Waals surface area contributed by atoms with Crippen molar-refractivity contribution in [3.63, 3.8) is 0 Å². The van der Waals surface area contributed by atoms with E-state index in [0.29, 0.717) is 30.4 Å². The van der Waals surface area contributed by atoms with Crippen molar-refractivity contribution in [1.82, 2.24) is 9.97 Å². The Morgan fingerprint density at radius 1 is 1.00 bits per heavy atom. The highest BCUT2D eigenvalue weighted by Crippen LogP contribution is 2.29. The normalized spacial score (nSPS) is 11.0. The van der Waals surface area contributed by atoms with E-state index in [1.165, 1.54) is 17.8 Å². The van der Waals surface area contributed by atoms with Gasteiger partial charge < -0.3 is 19.9 Å². The van der Waals surface area contributed by atoms with Crippen LogP contribution in [-0.2, 0) is 6.42 Å². The summed E-state index contributed by atoms with van der Waals surface area (Å²) in [6.07, 6.45) is 2.34. The van der Waals surface area contributed by atoms with E-state index in [-0.39, 0.29) is 11.7 Å². The van der Waals surface area contributed by atoms with Crippen molar-refractivity contribution in [2.45, 2.75) is 33.3 Å². The number of ether oxygens (including phenoxy) is 2. The van der Waals surface area contributed by atoms with Gasteiger partial charge in [-0.3, -0.25) is 0 Å². The zero-order valence-corrected chi connectivity index (χ0v) is 20.1. The van der Waals surface area contributed by atoms with Crippen LogP contribution in [0.4, 0.5) is 5.82 Å². The molecule has 0 aliphatic rings. The molecule has 2 N–H and O–H groups in total. The molecule has 0 bridgehead atoms. The Hall–Kier alpha value is -4.13. The van der Waals surface area contributed by atoms with Gasteiger partial charge in [0.15, 0.2) is 0 Å². The van der Waals surface area contributed by atoms with E-state index >= 15 is 0 Å². The highest BCUT2D eigenvalue weighted by atomic mass is 16.5. The summed E-state index contributed by atoms with van der Waals surface area (Å²) in [5.74, 6) is 0.868. The number of aromatic nitrogens is 2. The summed E-state index contributed by atoms with van der Waals surface area (Å²) in [5, 5.41) is 15.1. The number of aromatic carboxylic acids is 1. The van der Waals surface area contributed by atoms with Gasteiger partial charge in [-0.1, -0.05) is 30.3 Å². The van der Waals surface area contributed by atoms with Crippen molar-refractivity contribution < 1.29 is 19.4 Å². The Bertz CT molecular complexity index is 1340. The Kier molecular flexibility index (Phi) is 7.45. The smallest absolute Gasteiger partial charge is 0.339 e. The van der Waals surface area contributed by atoms with Gasteiger partial charge in [-0.25, -0.2) is 14.8 Å². The molecule has 1 heterocycles. The average molecular weight is 472 g/mol. The number of anilines is 1. The zero-order chi connectivity index (χ0) is 24.8. The molecule has 7 heteroatoms. The summed E-state index contributed by atoms with van der Waals surface area (Å²) < 4.78 is 11.6. The molecule has 0 radical (unpaired) electrons. The summed E-state index contributed by atoms with van der Waals surface area (Å²) in [5.41, 5.74) is 2.68. The molecule has 0 spiro atoms. The molecule has 0 atom stereocenters. The van der Waals surface area contributed by atoms with Gasteiger partial charge in [-0.15, -0.1) is 0 Å². The van der Waals surface area contributed by atoms with Gasteiger partial charge >= 0.3 is 5.97 Å². The Morgan fingerprint density at radius 2 is 1.77 bits per heavy atom. The molecule has 0 aliphatic heterocycles. The highest BCUT2D eigenvalue weighted by Gasteiger charge is 2.14. The first-order valence-electron chi connectivity index (χ1n) is 11.7. The van der Waals surface area contributed by atoms with Crippen molar-refractivity contribution in [3.8, 4) is 22.8 Å². The molecule has 0 saturated carbocycles. The number of nitrogens with one attached hydrogen (secondary N) is 1. The topological polar surface area (TPSA) is 93.6 Å². The van der Waals surface area contributed by atoms with Crippen molar-refractivity contribution >= 4 is 22.6 Å². The van der Waals surface area contributed by atoms with Gasteiger partial charge in [0.1, 0.15) is 29.2 Å². The van der Waals surface area contributed by atoms with Gasteiger partial charge in [0, 0.05) is 18.2 Å². The third kappa shape index (κ3) is 5.87. The van der Waals surface area contributed by atoms with E-state index in [2.05, 4.69) is 39.6 Å². The third-order valence-corrected chi connectivity index (χ3v) is 5.47. The molecule has 3 aromatic carbocycles. The van der Waals surface area contributed by atoms with Crippen LogP contribution in [0.15, 0.2) is 67.0 Å². The van der Waals surface area contributed by atoms with Crippen molar-refractivity contribution in [1.29, 1.82) is 0 Å². The maximum Gasteiger partial charge on any atom is 0.339 e. The minimum atomic E-state index is -1.03. The third-order valence-electron chi connectivity index (χ3n) is 5.47. The largest absolute Gasteiger partial charge is 0.493 e. The quantitative estimate of drug-likeness (QED) is 0.300. The molecule has 0 fully saturated rings. The second kappa shape index (κ2) is 10.9. The monoisotopic (exact) mass is 471 g/mol. The van der Waals surface area contributed by atoms with Crippen LogP contribution in [0, 0.1) is 0 Å². The van der Waals surface area contributed by atoms with E-state index in [9.17, 15) is 9.90 Å². The van der Waals surface area contributed by atoms with Crippen molar-refractivity contribution in [2.75, 3.05) is 18.5 Å². The summed E-state index contributed by atoms with van der Waals surface area (Å²) >= 11 is 0. The number of fused-ring (bicyclic) bond motifs is 1. The van der Waals surface area contributed by atoms with Crippen LogP contribution in [0.3, 0.4) is 0 Å². The fourth-order valence-electron chi connectivity index (χ4n) is 3.90. The van der Waals surface area contributed by atoms with Crippen molar-refractivity contribution in [2.24, 2.45) is 0 Å². The molecule has 7 nitrogen and oxygen atoms in total. The second-order valence-corrected chi connectivity index (χ2v) is 8.39. The fraction of sp³-hybridized carbons (Fsp3) is 0.250. The molecule has 0 aliphatic carbocycles. The summed E-state index contributed by atoms with van der Waals surface area (Å²) in [6.45, 7) is 6.90. The lowest BCUT2D eigenvalue weighted by Gasteiger charge is -2.16. The number of carboxylic acids is 1. The minimum Gasteiger partial charge on any atom is -0.493 e. The molecule has 4 rings (SSSR count). The first-order chi connectivity index (χ1) is 16.9. The molecule has 180 valence electrons. The predicted octanol–water partition coefficient (Wildman–Crippen LogP) is 5.84. The van der Waals surface area contributed by atoms with E-state index in [1.54, 1.807) is 12.1 Å². The number of rotatable bonds is 10. The number of hydrogen-bond acceptors (Lipinski definition) is 6. The maximum atomic E-state index is 11.5. The van der Waals surface area contributed by atoms with Gasteiger partial charge in [-0.2, -0.15) is 0 Å². The number of hydrogen-bond donors (Lipinski definition) is 2. The first kappa shape index (κ1) is 24.0. The molecule has 1 aromatic heterocycles. The fourth-order valence-corrected chi connectivity index (χ4v) is 3.90. The SMILES string of the molecule is CCOc1cc(-c2cc(NCCc3cc4ccccc4cc3OC(C)C)ncn2)ccc1C(=O)O. The van der Waals surface area contributed by atoms with Crippen LogP contribution in [0.5, 0.6) is 11.5 Å². The molecular formula is C28H29N3O4. The highest BCUT2D eigenvalue weighted by molar-refractivity contribution is 5.92. The Balaban J connectivity index is 1.51. The van der Waals surface area contributed by atoms with E-state index in [1.807, 2.05) is 39.0 Å². The maximum absolute atomic E-state index is 11.5. The average Bonchev–Trinajstić information content (AvgIpc) is 2.84. The van der Waals surface area contributed by atoms with Crippen LogP contribution in [-0.4, -0.2) is 40.3 Å². The lowest BCUT2D eigenvalue weighted by Crippen LogP contribution is -2.11. The molecule has 0 saturated heterocycles. The second-order valence-electron chi connectivity index (χ2n) is 8.39. The lowest BCUT2D eigenvalue weighted by molar-refractivity contribution is 0.0692. The number of carboxylic acid groups (broad SMARTS) is 1. The van der Waals surface area contributed by atoms with Crippen LogP contribution in [0.2, 0.25) is 0 Å². The van der Waals surface area contributed by atoms with Crippen LogP contribution in [0.25, 0.3) is 22.0 Å².